The standard InChI is InChI=1S/C55H29F13N4/c56-46-14-8-7-13-42(46)41-18-17-40(29-45(41)51-70-49(30-9-3-1-4-10-30)69-50(71-51)31-11-5-2-6-12-31)72-47-19-15-32(34-21-36(52(57,58)59)27-37(22-34)53(60,61)62)25-43(47)44-26-33(16-20-48(44)72)35-23-38(54(63,64)65)28-39(24-35)55(66,67)68/h1-29H. The molecule has 360 valence electrons. The van der Waals surface area contributed by atoms with Crippen LogP contribution < -0.4 is 0 Å². The summed E-state index contributed by atoms with van der Waals surface area (Å²) in [7, 11) is 0. The van der Waals surface area contributed by atoms with E-state index in [1.165, 1.54) is 48.5 Å². The molecule has 0 saturated carbocycles. The highest BCUT2D eigenvalue weighted by atomic mass is 19.4. The summed E-state index contributed by atoms with van der Waals surface area (Å²) < 4.78 is 187. The lowest BCUT2D eigenvalue weighted by Gasteiger charge is -2.16. The lowest BCUT2D eigenvalue weighted by Crippen LogP contribution is -2.11. The highest BCUT2D eigenvalue weighted by Crippen LogP contribution is 2.45. The van der Waals surface area contributed by atoms with Gasteiger partial charge in [0.05, 0.1) is 33.3 Å². The van der Waals surface area contributed by atoms with Crippen LogP contribution in [0.15, 0.2) is 176 Å². The summed E-state index contributed by atoms with van der Waals surface area (Å²) in [6.45, 7) is 0. The van der Waals surface area contributed by atoms with E-state index in [0.29, 0.717) is 46.6 Å². The van der Waals surface area contributed by atoms with Gasteiger partial charge in [-0.05, 0) is 107 Å². The third-order valence-electron chi connectivity index (χ3n) is 12.0. The first-order valence-electron chi connectivity index (χ1n) is 21.5. The van der Waals surface area contributed by atoms with Gasteiger partial charge >= 0.3 is 24.7 Å². The maximum Gasteiger partial charge on any atom is 0.416 e. The topological polar surface area (TPSA) is 43.6 Å². The molecule has 0 spiro atoms. The van der Waals surface area contributed by atoms with Crippen molar-refractivity contribution in [2.45, 2.75) is 24.7 Å². The zero-order valence-electron chi connectivity index (χ0n) is 36.4. The van der Waals surface area contributed by atoms with E-state index in [1.807, 2.05) is 0 Å². The molecule has 0 amide bonds. The average molecular weight is 993 g/mol. The molecule has 17 heteroatoms. The van der Waals surface area contributed by atoms with E-state index in [0.717, 1.165) is 0 Å². The van der Waals surface area contributed by atoms with Crippen molar-refractivity contribution in [2.24, 2.45) is 0 Å². The third-order valence-corrected chi connectivity index (χ3v) is 12.0. The predicted octanol–water partition coefficient (Wildman–Crippen LogP) is 17.2. The number of aromatic nitrogens is 4. The van der Waals surface area contributed by atoms with Crippen LogP contribution in [0.25, 0.3) is 95.0 Å². The predicted molar refractivity (Wildman–Crippen MR) is 247 cm³/mol. The van der Waals surface area contributed by atoms with Crippen molar-refractivity contribution in [1.82, 2.24) is 19.5 Å². The quantitative estimate of drug-likeness (QED) is 0.149. The van der Waals surface area contributed by atoms with Crippen molar-refractivity contribution in [3.8, 4) is 73.2 Å². The molecule has 2 aromatic heterocycles. The van der Waals surface area contributed by atoms with Crippen LogP contribution in [0.4, 0.5) is 57.1 Å². The molecule has 8 aromatic carbocycles. The number of hydrogen-bond acceptors (Lipinski definition) is 3. The molecule has 72 heavy (non-hydrogen) atoms. The minimum Gasteiger partial charge on any atom is -0.309 e. The molecule has 0 atom stereocenters. The van der Waals surface area contributed by atoms with Crippen molar-refractivity contribution in [1.29, 1.82) is 0 Å². The molecule has 0 aliphatic heterocycles. The van der Waals surface area contributed by atoms with Crippen LogP contribution >= 0.6 is 0 Å². The van der Waals surface area contributed by atoms with Gasteiger partial charge in [0.15, 0.2) is 17.5 Å². The molecule has 0 N–H and O–H groups in total. The minimum atomic E-state index is -5.19. The Balaban J connectivity index is 1.26. The molecule has 0 aliphatic rings. The van der Waals surface area contributed by atoms with E-state index in [-0.39, 0.29) is 73.7 Å². The summed E-state index contributed by atoms with van der Waals surface area (Å²) in [5.74, 6) is -0.000568. The van der Waals surface area contributed by atoms with Crippen molar-refractivity contribution in [3.63, 3.8) is 0 Å². The molecule has 4 nitrogen and oxygen atoms in total. The molecule has 0 unspecified atom stereocenters. The van der Waals surface area contributed by atoms with E-state index in [2.05, 4.69) is 0 Å². The van der Waals surface area contributed by atoms with Gasteiger partial charge in [0.2, 0.25) is 0 Å². The first-order valence-corrected chi connectivity index (χ1v) is 21.5. The van der Waals surface area contributed by atoms with Crippen LogP contribution in [0.2, 0.25) is 0 Å². The summed E-state index contributed by atoms with van der Waals surface area (Å²) in [6, 6.07) is 38.8. The maximum atomic E-state index is 15.9. The zero-order valence-corrected chi connectivity index (χ0v) is 36.4. The van der Waals surface area contributed by atoms with Gasteiger partial charge in [0.25, 0.3) is 0 Å². The number of nitrogens with zero attached hydrogens (tertiary/aromatic N) is 4. The number of hydrogen-bond donors (Lipinski definition) is 0. The molecule has 0 radical (unpaired) electrons. The highest BCUT2D eigenvalue weighted by molar-refractivity contribution is 6.12. The second-order valence-corrected chi connectivity index (χ2v) is 16.6. The van der Waals surface area contributed by atoms with Gasteiger partial charge in [-0.25, -0.2) is 19.3 Å². The molecule has 2 heterocycles. The number of alkyl halides is 12. The monoisotopic (exact) mass is 992 g/mol. The highest BCUT2D eigenvalue weighted by Gasteiger charge is 2.39. The van der Waals surface area contributed by atoms with Crippen LogP contribution in [-0.2, 0) is 24.7 Å². The van der Waals surface area contributed by atoms with Gasteiger partial charge in [-0.15, -0.1) is 0 Å². The third kappa shape index (κ3) is 9.13. The molecule has 0 bridgehead atoms. The largest absolute Gasteiger partial charge is 0.416 e. The van der Waals surface area contributed by atoms with Crippen molar-refractivity contribution in [3.05, 3.63) is 204 Å². The Labute approximate surface area is 399 Å². The maximum absolute atomic E-state index is 15.9. The Kier molecular flexibility index (Phi) is 11.5. The zero-order chi connectivity index (χ0) is 50.9. The van der Waals surface area contributed by atoms with Crippen LogP contribution in [0, 0.1) is 5.82 Å². The Bertz CT molecular complexity index is 3450. The summed E-state index contributed by atoms with van der Waals surface area (Å²) in [6.07, 6.45) is -20.8. The molecule has 0 aliphatic carbocycles. The van der Waals surface area contributed by atoms with E-state index < -0.39 is 63.9 Å². The van der Waals surface area contributed by atoms with E-state index in [1.54, 1.807) is 95.6 Å². The van der Waals surface area contributed by atoms with Crippen LogP contribution in [0.3, 0.4) is 0 Å². The number of benzene rings is 8. The van der Waals surface area contributed by atoms with Gasteiger partial charge in [-0.3, -0.25) is 0 Å². The summed E-state index contributed by atoms with van der Waals surface area (Å²) in [4.78, 5) is 14.5. The van der Waals surface area contributed by atoms with Crippen LogP contribution in [-0.4, -0.2) is 19.5 Å². The molecular weight excluding hydrogens is 964 g/mol. The number of fused-ring (bicyclic) bond motifs is 3. The Hall–Kier alpha value is -8.34. The van der Waals surface area contributed by atoms with Crippen LogP contribution in [0.5, 0.6) is 0 Å². The van der Waals surface area contributed by atoms with Gasteiger partial charge < -0.3 is 4.57 Å². The summed E-state index contributed by atoms with van der Waals surface area (Å²) in [5, 5.41) is 0.270. The molecule has 10 aromatic rings. The van der Waals surface area contributed by atoms with E-state index in [9.17, 15) is 52.7 Å². The smallest absolute Gasteiger partial charge is 0.309 e. The lowest BCUT2D eigenvalue weighted by molar-refractivity contribution is -0.144. The molecular formula is C55H29F13N4. The van der Waals surface area contributed by atoms with Gasteiger partial charge in [0.1, 0.15) is 5.82 Å². The van der Waals surface area contributed by atoms with Gasteiger partial charge in [-0.2, -0.15) is 52.7 Å². The van der Waals surface area contributed by atoms with Gasteiger partial charge in [-0.1, -0.05) is 97.1 Å². The first kappa shape index (κ1) is 47.3. The van der Waals surface area contributed by atoms with Crippen molar-refractivity contribution >= 4 is 21.8 Å². The average Bonchev–Trinajstić information content (AvgIpc) is 3.68. The van der Waals surface area contributed by atoms with E-state index >= 15 is 4.39 Å². The number of halogens is 13. The second kappa shape index (κ2) is 17.5. The Morgan fingerprint density at radius 1 is 0.306 bits per heavy atom. The minimum absolute atomic E-state index is 0.0227. The Morgan fingerprint density at radius 2 is 0.708 bits per heavy atom. The summed E-state index contributed by atoms with van der Waals surface area (Å²) >= 11 is 0. The number of rotatable bonds is 7. The van der Waals surface area contributed by atoms with Crippen molar-refractivity contribution < 1.29 is 57.1 Å². The lowest BCUT2D eigenvalue weighted by atomic mass is 9.96. The Morgan fingerprint density at radius 3 is 1.12 bits per heavy atom. The molecule has 10 rings (SSSR count). The fourth-order valence-corrected chi connectivity index (χ4v) is 8.60. The van der Waals surface area contributed by atoms with Crippen molar-refractivity contribution in [2.75, 3.05) is 0 Å². The fraction of sp³-hybridized carbons (Fsp3) is 0.0727. The SMILES string of the molecule is Fc1ccccc1-c1ccc(-n2c3ccc(-c4cc(C(F)(F)F)cc(C(F)(F)F)c4)cc3c3cc(-c4cc(C(F)(F)F)cc(C(F)(F)F)c4)ccc32)cc1-c1nc(-c2ccccc2)nc(-c2ccccc2)n1. The van der Waals surface area contributed by atoms with Crippen LogP contribution in [0.1, 0.15) is 22.3 Å². The normalized spacial score (nSPS) is 12.5. The second-order valence-electron chi connectivity index (χ2n) is 16.6. The fourth-order valence-electron chi connectivity index (χ4n) is 8.60. The van der Waals surface area contributed by atoms with E-state index in [4.69, 9.17) is 15.0 Å². The first-order chi connectivity index (χ1) is 34.1. The molecule has 0 fully saturated rings. The van der Waals surface area contributed by atoms with Gasteiger partial charge in [0, 0.05) is 38.7 Å². The molecule has 0 saturated heterocycles. The summed E-state index contributed by atoms with van der Waals surface area (Å²) in [5.41, 5.74) is -4.82.